The van der Waals surface area contributed by atoms with E-state index in [4.69, 9.17) is 0 Å². The van der Waals surface area contributed by atoms with E-state index in [1.54, 1.807) is 9.13 Å². The number of nitrogens with zero attached hydrogens (tertiary/aromatic N) is 3. The Hall–Kier alpha value is -3.02. The van der Waals surface area contributed by atoms with Gasteiger partial charge in [-0.1, -0.05) is 18.2 Å². The molecular weight excluding hydrogens is 352 g/mol. The molecule has 2 aromatic carbocycles. The number of fused-ring (bicyclic) bond motifs is 1. The largest absolute Gasteiger partial charge is 0.371 e. The Morgan fingerprint density at radius 2 is 1.68 bits per heavy atom. The number of rotatable bonds is 5. The van der Waals surface area contributed by atoms with Gasteiger partial charge in [-0.25, -0.2) is 4.79 Å². The van der Waals surface area contributed by atoms with E-state index in [1.807, 2.05) is 49.4 Å². The first-order chi connectivity index (χ1) is 13.7. The first-order valence-electron chi connectivity index (χ1n) is 10.0. The fourth-order valence-electron chi connectivity index (χ4n) is 4.01. The van der Waals surface area contributed by atoms with Crippen LogP contribution in [-0.2, 0) is 17.9 Å². The molecule has 1 saturated heterocycles. The summed E-state index contributed by atoms with van der Waals surface area (Å²) in [6.45, 7) is 4.63. The molecule has 1 aromatic heterocycles. The van der Waals surface area contributed by atoms with Crippen LogP contribution in [0.1, 0.15) is 26.2 Å². The van der Waals surface area contributed by atoms with Gasteiger partial charge >= 0.3 is 5.69 Å². The second-order valence-corrected chi connectivity index (χ2v) is 7.25. The first-order valence-corrected chi connectivity index (χ1v) is 10.0. The minimum atomic E-state index is -0.197. The predicted molar refractivity (Wildman–Crippen MR) is 113 cm³/mol. The summed E-state index contributed by atoms with van der Waals surface area (Å²) in [5.74, 6) is -0.197. The van der Waals surface area contributed by atoms with Crippen molar-refractivity contribution in [3.8, 4) is 0 Å². The van der Waals surface area contributed by atoms with Crippen LogP contribution in [0, 0.1) is 0 Å². The van der Waals surface area contributed by atoms with Crippen LogP contribution >= 0.6 is 0 Å². The van der Waals surface area contributed by atoms with Gasteiger partial charge in [-0.15, -0.1) is 0 Å². The monoisotopic (exact) mass is 378 g/mol. The molecule has 6 nitrogen and oxygen atoms in total. The minimum absolute atomic E-state index is 0.000286. The summed E-state index contributed by atoms with van der Waals surface area (Å²) in [7, 11) is 0. The van der Waals surface area contributed by atoms with Crippen molar-refractivity contribution in [1.82, 2.24) is 9.13 Å². The maximum Gasteiger partial charge on any atom is 0.329 e. The van der Waals surface area contributed by atoms with E-state index in [0.29, 0.717) is 6.54 Å². The number of carbonyl (C=O) groups is 1. The van der Waals surface area contributed by atoms with Crippen molar-refractivity contribution >= 4 is 28.3 Å². The summed E-state index contributed by atoms with van der Waals surface area (Å²) in [5.41, 5.74) is 3.39. The molecular formula is C22H26N4O2. The Morgan fingerprint density at radius 3 is 2.39 bits per heavy atom. The van der Waals surface area contributed by atoms with Gasteiger partial charge in [0.1, 0.15) is 6.54 Å². The van der Waals surface area contributed by atoms with E-state index < -0.39 is 0 Å². The van der Waals surface area contributed by atoms with E-state index in [2.05, 4.69) is 16.3 Å². The third-order valence-corrected chi connectivity index (χ3v) is 5.39. The number of nitrogens with one attached hydrogen (secondary N) is 1. The number of carbonyl (C=O) groups excluding carboxylic acids is 1. The number of hydrogen-bond acceptors (Lipinski definition) is 3. The van der Waals surface area contributed by atoms with Gasteiger partial charge in [0.25, 0.3) is 0 Å². The minimum Gasteiger partial charge on any atom is -0.371 e. The van der Waals surface area contributed by atoms with Crippen LogP contribution in [0.2, 0.25) is 0 Å². The number of anilines is 2. The van der Waals surface area contributed by atoms with Crippen LogP contribution in [0.5, 0.6) is 0 Å². The van der Waals surface area contributed by atoms with Gasteiger partial charge in [0.2, 0.25) is 5.91 Å². The van der Waals surface area contributed by atoms with E-state index in [9.17, 15) is 9.59 Å². The fourth-order valence-corrected chi connectivity index (χ4v) is 4.01. The molecule has 146 valence electrons. The van der Waals surface area contributed by atoms with Crippen molar-refractivity contribution in [2.45, 2.75) is 39.3 Å². The molecule has 0 radical (unpaired) electrons. The Balaban J connectivity index is 1.53. The van der Waals surface area contributed by atoms with Gasteiger partial charge in [0.05, 0.1) is 11.0 Å². The summed E-state index contributed by atoms with van der Waals surface area (Å²) >= 11 is 0. The highest BCUT2D eigenvalue weighted by Gasteiger charge is 2.15. The maximum absolute atomic E-state index is 12.7. The Labute approximate surface area is 164 Å². The summed E-state index contributed by atoms with van der Waals surface area (Å²) in [5, 5.41) is 2.95. The Bertz CT molecular complexity index is 1040. The number of para-hydroxylation sites is 2. The standard InChI is InChI=1S/C22H26N4O2/c1-2-25-19-11-4-5-12-20(19)26(22(25)28)16-21(27)23-17-9-8-10-18(15-17)24-13-6-3-7-14-24/h4-5,8-12,15H,2-3,6-7,13-14,16H2,1H3,(H,23,27). The molecule has 0 aliphatic carbocycles. The summed E-state index contributed by atoms with van der Waals surface area (Å²) < 4.78 is 3.24. The molecule has 1 aliphatic rings. The molecule has 3 aromatic rings. The number of piperidine rings is 1. The van der Waals surface area contributed by atoms with Crippen molar-refractivity contribution < 1.29 is 4.79 Å². The van der Waals surface area contributed by atoms with Crippen LogP contribution in [-0.4, -0.2) is 28.1 Å². The zero-order valence-electron chi connectivity index (χ0n) is 16.2. The van der Waals surface area contributed by atoms with Gasteiger partial charge in [0.15, 0.2) is 0 Å². The van der Waals surface area contributed by atoms with Crippen LogP contribution in [0.4, 0.5) is 11.4 Å². The third-order valence-electron chi connectivity index (χ3n) is 5.39. The topological polar surface area (TPSA) is 59.3 Å². The number of aryl methyl sites for hydroxylation is 1. The third kappa shape index (κ3) is 3.54. The highest BCUT2D eigenvalue weighted by atomic mass is 16.2. The van der Waals surface area contributed by atoms with Gasteiger partial charge in [0, 0.05) is 31.0 Å². The summed E-state index contributed by atoms with van der Waals surface area (Å²) in [6.07, 6.45) is 3.70. The van der Waals surface area contributed by atoms with Crippen molar-refractivity contribution in [2.75, 3.05) is 23.3 Å². The van der Waals surface area contributed by atoms with Gasteiger partial charge in [-0.05, 0) is 56.5 Å². The molecule has 1 aliphatic heterocycles. The van der Waals surface area contributed by atoms with Gasteiger partial charge in [-0.2, -0.15) is 0 Å². The Kier molecular flexibility index (Phi) is 5.19. The average molecular weight is 378 g/mol. The zero-order chi connectivity index (χ0) is 19.5. The van der Waals surface area contributed by atoms with Crippen LogP contribution in [0.15, 0.2) is 53.3 Å². The molecule has 0 spiro atoms. The highest BCUT2D eigenvalue weighted by Crippen LogP contribution is 2.23. The SMILES string of the molecule is CCn1c(=O)n(CC(=O)Nc2cccc(N3CCCCC3)c2)c2ccccc21. The molecule has 1 fully saturated rings. The quantitative estimate of drug-likeness (QED) is 0.740. The molecule has 0 unspecified atom stereocenters. The van der Waals surface area contributed by atoms with Crippen LogP contribution < -0.4 is 15.9 Å². The second-order valence-electron chi connectivity index (χ2n) is 7.25. The van der Waals surface area contributed by atoms with Crippen molar-refractivity contribution in [1.29, 1.82) is 0 Å². The van der Waals surface area contributed by atoms with Crippen molar-refractivity contribution in [3.05, 3.63) is 59.0 Å². The van der Waals surface area contributed by atoms with E-state index in [-0.39, 0.29) is 18.1 Å². The molecule has 4 rings (SSSR count). The number of amides is 1. The van der Waals surface area contributed by atoms with Crippen LogP contribution in [0.3, 0.4) is 0 Å². The average Bonchev–Trinajstić information content (AvgIpc) is 3.00. The molecule has 0 atom stereocenters. The van der Waals surface area contributed by atoms with Gasteiger partial charge in [-0.3, -0.25) is 13.9 Å². The molecule has 0 saturated carbocycles. The predicted octanol–water partition coefficient (Wildman–Crippen LogP) is 3.45. The maximum atomic E-state index is 12.7. The summed E-state index contributed by atoms with van der Waals surface area (Å²) in [4.78, 5) is 27.7. The molecule has 28 heavy (non-hydrogen) atoms. The first kappa shape index (κ1) is 18.3. The van der Waals surface area contributed by atoms with Crippen molar-refractivity contribution in [2.24, 2.45) is 0 Å². The summed E-state index contributed by atoms with van der Waals surface area (Å²) in [6, 6.07) is 15.5. The lowest BCUT2D eigenvalue weighted by molar-refractivity contribution is -0.116. The molecule has 2 heterocycles. The fraction of sp³-hybridized carbons (Fsp3) is 0.364. The van der Waals surface area contributed by atoms with E-state index in [1.165, 1.54) is 19.3 Å². The van der Waals surface area contributed by atoms with E-state index >= 15 is 0 Å². The number of hydrogen-bond donors (Lipinski definition) is 1. The second kappa shape index (κ2) is 7.92. The smallest absolute Gasteiger partial charge is 0.329 e. The zero-order valence-corrected chi connectivity index (χ0v) is 16.2. The number of imidazole rings is 1. The number of benzene rings is 2. The molecule has 6 heteroatoms. The van der Waals surface area contributed by atoms with Crippen molar-refractivity contribution in [3.63, 3.8) is 0 Å². The molecule has 1 N–H and O–H groups in total. The highest BCUT2D eigenvalue weighted by molar-refractivity contribution is 5.92. The Morgan fingerprint density at radius 1 is 0.964 bits per heavy atom. The van der Waals surface area contributed by atoms with Gasteiger partial charge < -0.3 is 10.2 Å². The normalized spacial score (nSPS) is 14.4. The lowest BCUT2D eigenvalue weighted by atomic mass is 10.1. The lowest BCUT2D eigenvalue weighted by Gasteiger charge is -2.29. The molecule has 1 amide bonds. The van der Waals surface area contributed by atoms with E-state index in [0.717, 1.165) is 35.5 Å². The lowest BCUT2D eigenvalue weighted by Crippen LogP contribution is -2.30. The number of aromatic nitrogens is 2. The molecule has 0 bridgehead atoms. The van der Waals surface area contributed by atoms with Crippen LogP contribution in [0.25, 0.3) is 11.0 Å².